The SMILES string of the molecule is C=CN(C(=C)C)C1CCN(CCOC)C1. The summed E-state index contributed by atoms with van der Waals surface area (Å²) in [5, 5.41) is 0. The Morgan fingerprint density at radius 1 is 1.67 bits per heavy atom. The highest BCUT2D eigenvalue weighted by Gasteiger charge is 2.25. The maximum Gasteiger partial charge on any atom is 0.0589 e. The first-order chi connectivity index (χ1) is 7.19. The van der Waals surface area contributed by atoms with Crippen LogP contribution < -0.4 is 0 Å². The summed E-state index contributed by atoms with van der Waals surface area (Å²) in [5.74, 6) is 0. The molecule has 1 aliphatic heterocycles. The summed E-state index contributed by atoms with van der Waals surface area (Å²) in [4.78, 5) is 4.60. The lowest BCUT2D eigenvalue weighted by atomic mass is 10.2. The van der Waals surface area contributed by atoms with Gasteiger partial charge < -0.3 is 9.64 Å². The van der Waals surface area contributed by atoms with E-state index in [9.17, 15) is 0 Å². The number of nitrogens with zero attached hydrogens (tertiary/aromatic N) is 2. The first-order valence-corrected chi connectivity index (χ1v) is 5.46. The molecule has 0 aromatic carbocycles. The fraction of sp³-hybridized carbons (Fsp3) is 0.667. The van der Waals surface area contributed by atoms with Crippen molar-refractivity contribution in [1.29, 1.82) is 0 Å². The van der Waals surface area contributed by atoms with Gasteiger partial charge in [-0.25, -0.2) is 0 Å². The van der Waals surface area contributed by atoms with Gasteiger partial charge in [-0.05, 0) is 19.5 Å². The van der Waals surface area contributed by atoms with Crippen molar-refractivity contribution in [1.82, 2.24) is 9.80 Å². The lowest BCUT2D eigenvalue weighted by Gasteiger charge is -2.27. The Balaban J connectivity index is 2.40. The molecule has 1 aliphatic rings. The summed E-state index contributed by atoms with van der Waals surface area (Å²) in [6, 6.07) is 0.539. The van der Waals surface area contributed by atoms with Crippen molar-refractivity contribution in [3.8, 4) is 0 Å². The molecule has 0 bridgehead atoms. The summed E-state index contributed by atoms with van der Waals surface area (Å²) >= 11 is 0. The Morgan fingerprint density at radius 2 is 2.40 bits per heavy atom. The zero-order valence-corrected chi connectivity index (χ0v) is 9.91. The third-order valence-corrected chi connectivity index (χ3v) is 2.89. The van der Waals surface area contributed by atoms with Crippen LogP contribution in [0.5, 0.6) is 0 Å². The van der Waals surface area contributed by atoms with E-state index >= 15 is 0 Å². The third kappa shape index (κ3) is 3.36. The maximum atomic E-state index is 5.08. The molecule has 3 nitrogen and oxygen atoms in total. The zero-order valence-electron chi connectivity index (χ0n) is 9.91. The Bertz CT molecular complexity index is 228. The molecule has 86 valence electrons. The number of ether oxygens (including phenoxy) is 1. The van der Waals surface area contributed by atoms with Gasteiger partial charge in [0.2, 0.25) is 0 Å². The van der Waals surface area contributed by atoms with Gasteiger partial charge in [-0.1, -0.05) is 13.2 Å². The molecule has 1 fully saturated rings. The second-order valence-corrected chi connectivity index (χ2v) is 4.06. The van der Waals surface area contributed by atoms with Crippen LogP contribution >= 0.6 is 0 Å². The van der Waals surface area contributed by atoms with Crippen LogP contribution in [0.3, 0.4) is 0 Å². The number of rotatable bonds is 6. The fourth-order valence-corrected chi connectivity index (χ4v) is 2.08. The standard InChI is InChI=1S/C12H22N2O/c1-5-14(11(2)3)12-6-7-13(10-12)8-9-15-4/h5,12H,1-2,6-10H2,3-4H3. The molecule has 0 radical (unpaired) electrons. The van der Waals surface area contributed by atoms with Crippen molar-refractivity contribution in [2.24, 2.45) is 0 Å². The van der Waals surface area contributed by atoms with Gasteiger partial charge in [-0.15, -0.1) is 0 Å². The lowest BCUT2D eigenvalue weighted by Crippen LogP contribution is -2.33. The second kappa shape index (κ2) is 5.93. The summed E-state index contributed by atoms with van der Waals surface area (Å²) < 4.78 is 5.08. The van der Waals surface area contributed by atoms with Crippen molar-refractivity contribution < 1.29 is 4.74 Å². The first-order valence-electron chi connectivity index (χ1n) is 5.46. The minimum absolute atomic E-state index is 0.539. The van der Waals surface area contributed by atoms with Gasteiger partial charge in [0.05, 0.1) is 6.61 Å². The number of hydrogen-bond donors (Lipinski definition) is 0. The Kier molecular flexibility index (Phi) is 4.85. The van der Waals surface area contributed by atoms with Crippen LogP contribution in [0.2, 0.25) is 0 Å². The van der Waals surface area contributed by atoms with Crippen molar-refractivity contribution in [2.75, 3.05) is 33.4 Å². The normalized spacial score (nSPS) is 21.6. The van der Waals surface area contributed by atoms with Gasteiger partial charge in [-0.2, -0.15) is 0 Å². The van der Waals surface area contributed by atoms with Crippen molar-refractivity contribution in [2.45, 2.75) is 19.4 Å². The molecule has 1 atom stereocenters. The van der Waals surface area contributed by atoms with Gasteiger partial charge in [0, 0.05) is 38.5 Å². The molecule has 1 unspecified atom stereocenters. The zero-order chi connectivity index (χ0) is 11.3. The third-order valence-electron chi connectivity index (χ3n) is 2.89. The van der Waals surface area contributed by atoms with Crippen LogP contribution in [-0.2, 0) is 4.74 Å². The molecule has 0 aromatic rings. The van der Waals surface area contributed by atoms with Crippen LogP contribution in [0.4, 0.5) is 0 Å². The highest BCUT2D eigenvalue weighted by molar-refractivity contribution is 5.00. The van der Waals surface area contributed by atoms with Crippen molar-refractivity contribution in [3.05, 3.63) is 25.1 Å². The summed E-state index contributed by atoms with van der Waals surface area (Å²) in [6.07, 6.45) is 3.06. The van der Waals surface area contributed by atoms with Gasteiger partial charge in [0.25, 0.3) is 0 Å². The molecule has 0 aromatic heterocycles. The Hall–Kier alpha value is -0.800. The number of methoxy groups -OCH3 is 1. The van der Waals surface area contributed by atoms with Gasteiger partial charge in [-0.3, -0.25) is 4.90 Å². The molecule has 0 amide bonds. The number of likely N-dealkylation sites (tertiary alicyclic amines) is 1. The molecule has 3 heteroatoms. The molecule has 0 spiro atoms. The van der Waals surface area contributed by atoms with Crippen molar-refractivity contribution in [3.63, 3.8) is 0 Å². The maximum absolute atomic E-state index is 5.08. The van der Waals surface area contributed by atoms with Gasteiger partial charge in [0.15, 0.2) is 0 Å². The van der Waals surface area contributed by atoms with Crippen LogP contribution in [0, 0.1) is 0 Å². The fourth-order valence-electron chi connectivity index (χ4n) is 2.08. The quantitative estimate of drug-likeness (QED) is 0.663. The first kappa shape index (κ1) is 12.3. The summed E-state index contributed by atoms with van der Waals surface area (Å²) in [6.45, 7) is 13.9. The van der Waals surface area contributed by atoms with Gasteiger partial charge >= 0.3 is 0 Å². The van der Waals surface area contributed by atoms with E-state index in [-0.39, 0.29) is 0 Å². The highest BCUT2D eigenvalue weighted by Crippen LogP contribution is 2.18. The Labute approximate surface area is 93.0 Å². The molecule has 0 saturated carbocycles. The van der Waals surface area contributed by atoms with E-state index in [1.165, 1.54) is 6.42 Å². The molecule has 1 heterocycles. The van der Waals surface area contributed by atoms with E-state index in [1.54, 1.807) is 7.11 Å². The van der Waals surface area contributed by atoms with Gasteiger partial charge in [0.1, 0.15) is 0 Å². The Morgan fingerprint density at radius 3 is 2.93 bits per heavy atom. The lowest BCUT2D eigenvalue weighted by molar-refractivity contribution is 0.157. The summed E-state index contributed by atoms with van der Waals surface area (Å²) in [5.41, 5.74) is 1.07. The van der Waals surface area contributed by atoms with E-state index in [2.05, 4.69) is 23.0 Å². The van der Waals surface area contributed by atoms with Crippen LogP contribution in [0.15, 0.2) is 25.1 Å². The average Bonchev–Trinajstić information content (AvgIpc) is 2.64. The number of allylic oxidation sites excluding steroid dienone is 1. The minimum Gasteiger partial charge on any atom is -0.383 e. The predicted octanol–water partition coefficient (Wildman–Crippen LogP) is 1.69. The molecule has 1 saturated heterocycles. The molecular weight excluding hydrogens is 188 g/mol. The molecule has 15 heavy (non-hydrogen) atoms. The second-order valence-electron chi connectivity index (χ2n) is 4.06. The van der Waals surface area contributed by atoms with E-state index in [1.807, 2.05) is 13.1 Å². The van der Waals surface area contributed by atoms with Crippen molar-refractivity contribution >= 4 is 0 Å². The number of hydrogen-bond acceptors (Lipinski definition) is 3. The van der Waals surface area contributed by atoms with E-state index in [0.717, 1.165) is 31.9 Å². The van der Waals surface area contributed by atoms with Crippen LogP contribution in [0.1, 0.15) is 13.3 Å². The molecule has 1 rings (SSSR count). The largest absolute Gasteiger partial charge is 0.383 e. The minimum atomic E-state index is 0.539. The van der Waals surface area contributed by atoms with E-state index in [0.29, 0.717) is 6.04 Å². The van der Waals surface area contributed by atoms with Crippen LogP contribution in [-0.4, -0.2) is 49.2 Å². The monoisotopic (exact) mass is 210 g/mol. The highest BCUT2D eigenvalue weighted by atomic mass is 16.5. The molecular formula is C12H22N2O. The molecule has 0 aliphatic carbocycles. The van der Waals surface area contributed by atoms with Crippen LogP contribution in [0.25, 0.3) is 0 Å². The van der Waals surface area contributed by atoms with E-state index in [4.69, 9.17) is 4.74 Å². The van der Waals surface area contributed by atoms with E-state index < -0.39 is 0 Å². The topological polar surface area (TPSA) is 15.7 Å². The predicted molar refractivity (Wildman–Crippen MR) is 63.6 cm³/mol. The molecule has 0 N–H and O–H groups in total. The average molecular weight is 210 g/mol. The summed E-state index contributed by atoms with van der Waals surface area (Å²) in [7, 11) is 1.75. The smallest absolute Gasteiger partial charge is 0.0589 e.